The quantitative estimate of drug-likeness (QED) is 0.359. The first kappa shape index (κ1) is 18.6. The smallest absolute Gasteiger partial charge is 0.109 e. The largest absolute Gasteiger partial charge is 0.356 e. The van der Waals surface area contributed by atoms with Gasteiger partial charge in [-0.1, -0.05) is 97.1 Å². The number of fused-ring (bicyclic) bond motifs is 4. The number of hydrogen-bond acceptors (Lipinski definition) is 1. The normalized spacial score (nSPS) is 15.7. The zero-order valence-corrected chi connectivity index (χ0v) is 17.6. The average Bonchev–Trinajstić information content (AvgIpc) is 3.09. The van der Waals surface area contributed by atoms with Crippen LogP contribution in [-0.2, 0) is 30.4 Å². The lowest BCUT2D eigenvalue weighted by atomic mass is 9.94. The number of rotatable bonds is 2. The van der Waals surface area contributed by atoms with Crippen molar-refractivity contribution in [2.24, 2.45) is 0 Å². The highest BCUT2D eigenvalue weighted by Gasteiger charge is 2.31. The van der Waals surface area contributed by atoms with E-state index in [-0.39, 0.29) is 12.2 Å². The summed E-state index contributed by atoms with van der Waals surface area (Å²) in [6, 6.07) is 35.3. The summed E-state index contributed by atoms with van der Waals surface area (Å²) in [5, 5.41) is 0. The molecule has 1 heteroatoms. The molecular weight excluding hydrogens is 376 g/mol. The van der Waals surface area contributed by atoms with E-state index in [4.69, 9.17) is 4.74 Å². The Kier molecular flexibility index (Phi) is 4.70. The van der Waals surface area contributed by atoms with Crippen molar-refractivity contribution in [2.75, 3.05) is 0 Å². The Morgan fingerprint density at radius 1 is 0.387 bits per heavy atom. The molecule has 4 aromatic carbocycles. The molecule has 0 aromatic heterocycles. The molecule has 4 aromatic rings. The Morgan fingerprint density at radius 3 is 0.935 bits per heavy atom. The number of aryl methyl sites for hydroxylation is 4. The van der Waals surface area contributed by atoms with Crippen molar-refractivity contribution in [1.29, 1.82) is 0 Å². The maximum absolute atomic E-state index is 7.20. The molecule has 0 N–H and O–H groups in total. The van der Waals surface area contributed by atoms with E-state index in [0.717, 1.165) is 25.7 Å². The summed E-state index contributed by atoms with van der Waals surface area (Å²) in [4.78, 5) is 0. The van der Waals surface area contributed by atoms with Crippen LogP contribution in [0.3, 0.4) is 0 Å². The van der Waals surface area contributed by atoms with Crippen LogP contribution in [0.2, 0.25) is 0 Å². The van der Waals surface area contributed by atoms with Crippen LogP contribution in [0.15, 0.2) is 97.1 Å². The Bertz CT molecular complexity index is 1050. The third kappa shape index (κ3) is 3.30. The highest BCUT2D eigenvalue weighted by molar-refractivity contribution is 5.46. The summed E-state index contributed by atoms with van der Waals surface area (Å²) in [5.74, 6) is 0. The van der Waals surface area contributed by atoms with Crippen molar-refractivity contribution >= 4 is 0 Å². The molecule has 0 spiro atoms. The van der Waals surface area contributed by atoms with Crippen LogP contribution in [0.4, 0.5) is 0 Å². The molecule has 0 aliphatic heterocycles. The standard InChI is InChI=1S/C30H26O/c1-5-13-25-21(9-1)17-18-22-10-2-6-14-26(22)29(25)31-30-27-15-7-3-11-23(27)19-20-24-12-4-8-16-28(24)30/h1-16,29-30H,17-20H2. The highest BCUT2D eigenvalue weighted by atomic mass is 16.5. The van der Waals surface area contributed by atoms with Gasteiger partial charge in [-0.05, 0) is 70.2 Å². The van der Waals surface area contributed by atoms with Crippen molar-refractivity contribution in [3.8, 4) is 0 Å². The van der Waals surface area contributed by atoms with E-state index in [0.29, 0.717) is 0 Å². The SMILES string of the molecule is c1ccc2c(c1)CCc1ccccc1C2OC1c2ccccc2CCc2ccccc21. The lowest BCUT2D eigenvalue weighted by Crippen LogP contribution is -2.15. The Hall–Kier alpha value is -3.16. The minimum atomic E-state index is -0.0703. The second kappa shape index (κ2) is 7.83. The first-order valence-corrected chi connectivity index (χ1v) is 11.3. The van der Waals surface area contributed by atoms with Gasteiger partial charge in [-0.25, -0.2) is 0 Å². The molecule has 0 bridgehead atoms. The van der Waals surface area contributed by atoms with Gasteiger partial charge in [0.1, 0.15) is 12.2 Å². The molecular formula is C30H26O. The molecule has 0 radical (unpaired) electrons. The van der Waals surface area contributed by atoms with Crippen LogP contribution in [0, 0.1) is 0 Å². The van der Waals surface area contributed by atoms with Gasteiger partial charge in [0.05, 0.1) is 0 Å². The summed E-state index contributed by atoms with van der Waals surface area (Å²) < 4.78 is 7.20. The van der Waals surface area contributed by atoms with Crippen molar-refractivity contribution in [3.63, 3.8) is 0 Å². The predicted molar refractivity (Wildman–Crippen MR) is 125 cm³/mol. The van der Waals surface area contributed by atoms with E-state index in [9.17, 15) is 0 Å². The molecule has 0 amide bonds. The van der Waals surface area contributed by atoms with Gasteiger partial charge in [-0.15, -0.1) is 0 Å². The number of ether oxygens (including phenoxy) is 1. The van der Waals surface area contributed by atoms with Crippen LogP contribution in [0.25, 0.3) is 0 Å². The molecule has 0 unspecified atom stereocenters. The number of benzene rings is 4. The monoisotopic (exact) mass is 402 g/mol. The first-order valence-electron chi connectivity index (χ1n) is 11.3. The van der Waals surface area contributed by atoms with E-state index in [1.54, 1.807) is 0 Å². The van der Waals surface area contributed by atoms with E-state index in [1.165, 1.54) is 44.5 Å². The van der Waals surface area contributed by atoms with Gasteiger partial charge in [-0.2, -0.15) is 0 Å². The van der Waals surface area contributed by atoms with Crippen molar-refractivity contribution < 1.29 is 4.74 Å². The van der Waals surface area contributed by atoms with E-state index in [2.05, 4.69) is 97.1 Å². The minimum absolute atomic E-state index is 0.0703. The Labute approximate surface area is 184 Å². The van der Waals surface area contributed by atoms with Crippen molar-refractivity contribution in [1.82, 2.24) is 0 Å². The van der Waals surface area contributed by atoms with E-state index in [1.807, 2.05) is 0 Å². The summed E-state index contributed by atoms with van der Waals surface area (Å²) in [5.41, 5.74) is 10.9. The second-order valence-corrected chi connectivity index (χ2v) is 8.69. The fraction of sp³-hybridized carbons (Fsp3) is 0.200. The van der Waals surface area contributed by atoms with Gasteiger partial charge >= 0.3 is 0 Å². The lowest BCUT2D eigenvalue weighted by Gasteiger charge is -2.28. The Morgan fingerprint density at radius 2 is 0.645 bits per heavy atom. The van der Waals surface area contributed by atoms with Gasteiger partial charge < -0.3 is 4.74 Å². The van der Waals surface area contributed by atoms with Crippen molar-refractivity contribution in [3.05, 3.63) is 142 Å². The maximum Gasteiger partial charge on any atom is 0.109 e. The van der Waals surface area contributed by atoms with Crippen LogP contribution in [0.5, 0.6) is 0 Å². The number of hydrogen-bond donors (Lipinski definition) is 0. The fourth-order valence-corrected chi connectivity index (χ4v) is 5.37. The molecule has 0 heterocycles. The van der Waals surface area contributed by atoms with Gasteiger partial charge in [0.15, 0.2) is 0 Å². The van der Waals surface area contributed by atoms with Gasteiger partial charge in [0.2, 0.25) is 0 Å². The fourth-order valence-electron chi connectivity index (χ4n) is 5.37. The molecule has 0 saturated heterocycles. The maximum atomic E-state index is 7.20. The first-order chi connectivity index (χ1) is 15.4. The van der Waals surface area contributed by atoms with Gasteiger partial charge in [0, 0.05) is 0 Å². The summed E-state index contributed by atoms with van der Waals surface area (Å²) >= 11 is 0. The molecule has 152 valence electrons. The van der Waals surface area contributed by atoms with E-state index < -0.39 is 0 Å². The third-order valence-electron chi connectivity index (χ3n) is 6.95. The van der Waals surface area contributed by atoms with Crippen LogP contribution in [0.1, 0.15) is 56.7 Å². The third-order valence-corrected chi connectivity index (χ3v) is 6.95. The average molecular weight is 403 g/mol. The van der Waals surface area contributed by atoms with Gasteiger partial charge in [-0.3, -0.25) is 0 Å². The van der Waals surface area contributed by atoms with Gasteiger partial charge in [0.25, 0.3) is 0 Å². The summed E-state index contributed by atoms with van der Waals surface area (Å²) in [7, 11) is 0. The minimum Gasteiger partial charge on any atom is -0.356 e. The molecule has 2 aliphatic carbocycles. The topological polar surface area (TPSA) is 9.23 Å². The molecule has 31 heavy (non-hydrogen) atoms. The highest BCUT2D eigenvalue weighted by Crippen LogP contribution is 2.43. The van der Waals surface area contributed by atoms with Crippen LogP contribution >= 0.6 is 0 Å². The lowest BCUT2D eigenvalue weighted by molar-refractivity contribution is 0.0302. The second-order valence-electron chi connectivity index (χ2n) is 8.69. The van der Waals surface area contributed by atoms with Crippen LogP contribution < -0.4 is 0 Å². The molecule has 2 aliphatic rings. The Balaban J connectivity index is 1.53. The molecule has 0 fully saturated rings. The molecule has 0 saturated carbocycles. The molecule has 1 nitrogen and oxygen atoms in total. The zero-order valence-electron chi connectivity index (χ0n) is 17.6. The summed E-state index contributed by atoms with van der Waals surface area (Å²) in [6.07, 6.45) is 4.10. The van der Waals surface area contributed by atoms with Crippen molar-refractivity contribution in [2.45, 2.75) is 37.9 Å². The zero-order chi connectivity index (χ0) is 20.6. The molecule has 0 atom stereocenters. The molecule has 6 rings (SSSR count). The van der Waals surface area contributed by atoms with Crippen LogP contribution in [-0.4, -0.2) is 0 Å². The van der Waals surface area contributed by atoms with E-state index >= 15 is 0 Å². The predicted octanol–water partition coefficient (Wildman–Crippen LogP) is 6.78. The summed E-state index contributed by atoms with van der Waals surface area (Å²) in [6.45, 7) is 0.